The Morgan fingerprint density at radius 2 is 2.08 bits per heavy atom. The molecule has 0 fully saturated rings. The molecule has 68 valence electrons. The van der Waals surface area contributed by atoms with Gasteiger partial charge in [-0.3, -0.25) is 0 Å². The Morgan fingerprint density at radius 1 is 1.31 bits per heavy atom. The molecule has 0 saturated heterocycles. The summed E-state index contributed by atoms with van der Waals surface area (Å²) in [6.07, 6.45) is 1.76. The Labute approximate surface area is 77.2 Å². The number of H-pyrrole nitrogens is 1. The molecular formula is C10H13N3. The van der Waals surface area contributed by atoms with Crippen LogP contribution in [0, 0.1) is 0 Å². The summed E-state index contributed by atoms with van der Waals surface area (Å²) in [5, 5.41) is 0. The normalized spacial score (nSPS) is 12.2. The largest absolute Gasteiger partial charge is 0.340 e. The van der Waals surface area contributed by atoms with E-state index in [4.69, 9.17) is 0 Å². The average Bonchev–Trinajstić information content (AvgIpc) is 2.45. The monoisotopic (exact) mass is 175 g/mol. The number of aromatic amines is 1. The SMILES string of the molecule is CC(C)(C)c1nc2ncccc2[nH]1. The molecule has 13 heavy (non-hydrogen) atoms. The first-order chi connectivity index (χ1) is 6.07. The topological polar surface area (TPSA) is 41.6 Å². The highest BCUT2D eigenvalue weighted by molar-refractivity contribution is 5.70. The molecule has 0 radical (unpaired) electrons. The quantitative estimate of drug-likeness (QED) is 0.667. The third kappa shape index (κ3) is 1.41. The van der Waals surface area contributed by atoms with Crippen molar-refractivity contribution in [2.75, 3.05) is 0 Å². The highest BCUT2D eigenvalue weighted by Crippen LogP contribution is 2.20. The molecule has 0 bridgehead atoms. The number of nitrogens with one attached hydrogen (secondary N) is 1. The number of nitrogens with zero attached hydrogens (tertiary/aromatic N) is 2. The highest BCUT2D eigenvalue weighted by Gasteiger charge is 2.17. The summed E-state index contributed by atoms with van der Waals surface area (Å²) in [6, 6.07) is 3.90. The van der Waals surface area contributed by atoms with Gasteiger partial charge in [-0.05, 0) is 12.1 Å². The van der Waals surface area contributed by atoms with Crippen molar-refractivity contribution >= 4 is 11.2 Å². The van der Waals surface area contributed by atoms with Crippen LogP contribution >= 0.6 is 0 Å². The lowest BCUT2D eigenvalue weighted by Crippen LogP contribution is -2.12. The number of pyridine rings is 1. The summed E-state index contributed by atoms with van der Waals surface area (Å²) in [6.45, 7) is 6.39. The van der Waals surface area contributed by atoms with E-state index in [0.717, 1.165) is 17.0 Å². The molecule has 0 unspecified atom stereocenters. The van der Waals surface area contributed by atoms with E-state index in [0.29, 0.717) is 0 Å². The summed E-state index contributed by atoms with van der Waals surface area (Å²) in [7, 11) is 0. The first-order valence-electron chi connectivity index (χ1n) is 4.38. The van der Waals surface area contributed by atoms with Crippen molar-refractivity contribution in [2.24, 2.45) is 0 Å². The third-order valence-electron chi connectivity index (χ3n) is 1.97. The maximum Gasteiger partial charge on any atom is 0.177 e. The van der Waals surface area contributed by atoms with Crippen molar-refractivity contribution in [3.05, 3.63) is 24.2 Å². The van der Waals surface area contributed by atoms with Crippen LogP contribution in [0.2, 0.25) is 0 Å². The second-order valence-electron chi connectivity index (χ2n) is 4.21. The maximum absolute atomic E-state index is 4.42. The van der Waals surface area contributed by atoms with E-state index in [-0.39, 0.29) is 5.41 Å². The number of aromatic nitrogens is 3. The standard InChI is InChI=1S/C10H13N3/c1-10(2,3)9-12-7-5-4-6-11-8(7)13-9/h4-6H,1-3H3,(H,11,12,13). The van der Waals surface area contributed by atoms with Gasteiger partial charge in [-0.2, -0.15) is 0 Å². The highest BCUT2D eigenvalue weighted by atomic mass is 15.0. The van der Waals surface area contributed by atoms with Gasteiger partial charge in [-0.25, -0.2) is 9.97 Å². The van der Waals surface area contributed by atoms with Crippen molar-refractivity contribution in [3.63, 3.8) is 0 Å². The Bertz CT molecular complexity index is 390. The Morgan fingerprint density at radius 3 is 2.69 bits per heavy atom. The third-order valence-corrected chi connectivity index (χ3v) is 1.97. The molecule has 0 atom stereocenters. The van der Waals surface area contributed by atoms with Gasteiger partial charge in [0.2, 0.25) is 0 Å². The lowest BCUT2D eigenvalue weighted by molar-refractivity contribution is 0.554. The molecular weight excluding hydrogens is 162 g/mol. The molecule has 2 aromatic heterocycles. The predicted octanol–water partition coefficient (Wildman–Crippen LogP) is 2.26. The van der Waals surface area contributed by atoms with Crippen LogP contribution in [0.3, 0.4) is 0 Å². The Balaban J connectivity index is 2.63. The van der Waals surface area contributed by atoms with Crippen LogP contribution in [0.15, 0.2) is 18.3 Å². The fraction of sp³-hybridized carbons (Fsp3) is 0.400. The predicted molar refractivity (Wildman–Crippen MR) is 52.6 cm³/mol. The van der Waals surface area contributed by atoms with Crippen molar-refractivity contribution < 1.29 is 0 Å². The number of hydrogen-bond donors (Lipinski definition) is 1. The molecule has 0 spiro atoms. The average molecular weight is 175 g/mol. The number of imidazole rings is 1. The molecule has 0 aliphatic carbocycles. The van der Waals surface area contributed by atoms with E-state index < -0.39 is 0 Å². The minimum atomic E-state index is 0.0562. The molecule has 0 amide bonds. The van der Waals surface area contributed by atoms with Crippen molar-refractivity contribution in [3.8, 4) is 0 Å². The fourth-order valence-corrected chi connectivity index (χ4v) is 1.20. The van der Waals surface area contributed by atoms with Gasteiger partial charge >= 0.3 is 0 Å². The van der Waals surface area contributed by atoms with Crippen molar-refractivity contribution in [1.29, 1.82) is 0 Å². The van der Waals surface area contributed by atoms with Gasteiger partial charge < -0.3 is 4.98 Å². The van der Waals surface area contributed by atoms with Crippen LogP contribution in [-0.4, -0.2) is 15.0 Å². The molecule has 3 nitrogen and oxygen atoms in total. The maximum atomic E-state index is 4.42. The van der Waals surface area contributed by atoms with Gasteiger partial charge in [-0.1, -0.05) is 20.8 Å². The van der Waals surface area contributed by atoms with Crippen LogP contribution in [0.4, 0.5) is 0 Å². The van der Waals surface area contributed by atoms with Gasteiger partial charge in [-0.15, -0.1) is 0 Å². The van der Waals surface area contributed by atoms with E-state index in [1.165, 1.54) is 0 Å². The Hall–Kier alpha value is -1.38. The Kier molecular flexibility index (Phi) is 1.62. The van der Waals surface area contributed by atoms with Crippen LogP contribution in [0.25, 0.3) is 11.2 Å². The molecule has 0 aliphatic rings. The molecule has 0 saturated carbocycles. The first kappa shape index (κ1) is 8.23. The fourth-order valence-electron chi connectivity index (χ4n) is 1.20. The van der Waals surface area contributed by atoms with E-state index in [2.05, 4.69) is 35.7 Å². The summed E-state index contributed by atoms with van der Waals surface area (Å²) in [4.78, 5) is 11.9. The van der Waals surface area contributed by atoms with Gasteiger partial charge in [0.05, 0.1) is 5.52 Å². The van der Waals surface area contributed by atoms with Crippen molar-refractivity contribution in [2.45, 2.75) is 26.2 Å². The van der Waals surface area contributed by atoms with Crippen LogP contribution in [-0.2, 0) is 5.41 Å². The summed E-state index contributed by atoms with van der Waals surface area (Å²) >= 11 is 0. The zero-order valence-electron chi connectivity index (χ0n) is 8.13. The van der Waals surface area contributed by atoms with E-state index in [1.807, 2.05) is 12.1 Å². The second kappa shape index (κ2) is 2.55. The second-order valence-corrected chi connectivity index (χ2v) is 4.21. The minimum absolute atomic E-state index is 0.0562. The zero-order chi connectivity index (χ0) is 9.47. The smallest absolute Gasteiger partial charge is 0.177 e. The van der Waals surface area contributed by atoms with E-state index >= 15 is 0 Å². The number of rotatable bonds is 0. The molecule has 3 heteroatoms. The lowest BCUT2D eigenvalue weighted by atomic mass is 9.96. The van der Waals surface area contributed by atoms with Gasteiger partial charge in [0.1, 0.15) is 5.82 Å². The number of fused-ring (bicyclic) bond motifs is 1. The van der Waals surface area contributed by atoms with Gasteiger partial charge in [0.25, 0.3) is 0 Å². The zero-order valence-corrected chi connectivity index (χ0v) is 8.13. The summed E-state index contributed by atoms with van der Waals surface area (Å²) < 4.78 is 0. The van der Waals surface area contributed by atoms with E-state index in [9.17, 15) is 0 Å². The summed E-state index contributed by atoms with van der Waals surface area (Å²) in [5.74, 6) is 0.987. The molecule has 0 aliphatic heterocycles. The van der Waals surface area contributed by atoms with Gasteiger partial charge in [0.15, 0.2) is 5.65 Å². The molecule has 2 heterocycles. The van der Waals surface area contributed by atoms with Crippen LogP contribution in [0.5, 0.6) is 0 Å². The van der Waals surface area contributed by atoms with Crippen molar-refractivity contribution in [1.82, 2.24) is 15.0 Å². The van der Waals surface area contributed by atoms with Crippen LogP contribution < -0.4 is 0 Å². The minimum Gasteiger partial charge on any atom is -0.340 e. The number of hydrogen-bond acceptors (Lipinski definition) is 2. The van der Waals surface area contributed by atoms with E-state index in [1.54, 1.807) is 6.20 Å². The lowest BCUT2D eigenvalue weighted by Gasteiger charge is -2.13. The summed E-state index contributed by atoms with van der Waals surface area (Å²) in [5.41, 5.74) is 1.86. The molecule has 2 aromatic rings. The molecule has 0 aromatic carbocycles. The molecule has 2 rings (SSSR count). The molecule has 1 N–H and O–H groups in total. The first-order valence-corrected chi connectivity index (χ1v) is 4.38. The van der Waals surface area contributed by atoms with Crippen LogP contribution in [0.1, 0.15) is 26.6 Å². The van der Waals surface area contributed by atoms with Gasteiger partial charge in [0, 0.05) is 11.6 Å².